The highest BCUT2D eigenvalue weighted by Crippen LogP contribution is 2.10. The third-order valence-electron chi connectivity index (χ3n) is 2.94. The summed E-state index contributed by atoms with van der Waals surface area (Å²) < 4.78 is 0. The van der Waals surface area contributed by atoms with Crippen LogP contribution in [0.2, 0.25) is 0 Å². The first kappa shape index (κ1) is 14.9. The molecule has 8 heteroatoms. The molecular formula is C11H17N3O5. The number of carbonyl (C=O) groups is 4. The SMILES string of the molecule is CCC(CC(=O)O)NC(=O)NC1CC(=O)N(C)C1=O. The molecule has 1 heterocycles. The maximum atomic E-state index is 11.6. The number of nitrogens with zero attached hydrogens (tertiary/aromatic N) is 1. The van der Waals surface area contributed by atoms with Crippen LogP contribution in [0.15, 0.2) is 0 Å². The van der Waals surface area contributed by atoms with Crippen molar-refractivity contribution in [2.24, 2.45) is 0 Å². The third-order valence-corrected chi connectivity index (χ3v) is 2.94. The van der Waals surface area contributed by atoms with Gasteiger partial charge in [0, 0.05) is 13.1 Å². The number of likely N-dealkylation sites (N-methyl/N-ethyl adjacent to an activating group) is 1. The van der Waals surface area contributed by atoms with Gasteiger partial charge in [-0.05, 0) is 6.42 Å². The number of urea groups is 1. The second-order valence-electron chi connectivity index (χ2n) is 4.37. The molecule has 0 aromatic heterocycles. The van der Waals surface area contributed by atoms with E-state index in [0.29, 0.717) is 6.42 Å². The van der Waals surface area contributed by atoms with E-state index in [9.17, 15) is 19.2 Å². The zero-order valence-corrected chi connectivity index (χ0v) is 10.8. The smallest absolute Gasteiger partial charge is 0.315 e. The van der Waals surface area contributed by atoms with E-state index in [0.717, 1.165) is 4.90 Å². The molecular weight excluding hydrogens is 254 g/mol. The normalized spacial score (nSPS) is 20.3. The fourth-order valence-corrected chi connectivity index (χ4v) is 1.76. The van der Waals surface area contributed by atoms with Gasteiger partial charge in [0.1, 0.15) is 6.04 Å². The van der Waals surface area contributed by atoms with Gasteiger partial charge in [-0.25, -0.2) is 4.79 Å². The molecule has 0 aliphatic carbocycles. The first-order valence-electron chi connectivity index (χ1n) is 5.94. The highest BCUT2D eigenvalue weighted by atomic mass is 16.4. The van der Waals surface area contributed by atoms with Crippen LogP contribution in [-0.4, -0.2) is 53.0 Å². The zero-order chi connectivity index (χ0) is 14.6. The van der Waals surface area contributed by atoms with Gasteiger partial charge in [0.05, 0.1) is 12.8 Å². The van der Waals surface area contributed by atoms with Crippen LogP contribution in [0.3, 0.4) is 0 Å². The molecule has 0 aromatic carbocycles. The molecule has 2 unspecified atom stereocenters. The molecule has 4 amide bonds. The number of carbonyl (C=O) groups excluding carboxylic acids is 3. The maximum absolute atomic E-state index is 11.6. The van der Waals surface area contributed by atoms with E-state index in [-0.39, 0.29) is 18.7 Å². The van der Waals surface area contributed by atoms with Crippen molar-refractivity contribution in [1.82, 2.24) is 15.5 Å². The summed E-state index contributed by atoms with van der Waals surface area (Å²) in [5.41, 5.74) is 0. The Kier molecular flexibility index (Phi) is 4.85. The average Bonchev–Trinajstić information content (AvgIpc) is 2.55. The fourth-order valence-electron chi connectivity index (χ4n) is 1.76. The summed E-state index contributed by atoms with van der Waals surface area (Å²) in [5.74, 6) is -1.83. The number of rotatable bonds is 5. The number of hydrogen-bond acceptors (Lipinski definition) is 4. The predicted octanol–water partition coefficient (Wildman–Crippen LogP) is -0.704. The van der Waals surface area contributed by atoms with Crippen LogP contribution >= 0.6 is 0 Å². The number of likely N-dealkylation sites (tertiary alicyclic amines) is 1. The number of carboxylic acid groups (broad SMARTS) is 1. The van der Waals surface area contributed by atoms with Crippen molar-refractivity contribution in [2.75, 3.05) is 7.05 Å². The Hall–Kier alpha value is -2.12. The van der Waals surface area contributed by atoms with Crippen LogP contribution in [0.1, 0.15) is 26.2 Å². The lowest BCUT2D eigenvalue weighted by molar-refractivity contribution is -0.138. The fraction of sp³-hybridized carbons (Fsp3) is 0.636. The van der Waals surface area contributed by atoms with E-state index in [1.54, 1.807) is 6.92 Å². The molecule has 1 rings (SSSR count). The summed E-state index contributed by atoms with van der Waals surface area (Å²) in [6.07, 6.45) is 0.191. The monoisotopic (exact) mass is 271 g/mol. The number of hydrogen-bond donors (Lipinski definition) is 3. The van der Waals surface area contributed by atoms with Crippen LogP contribution in [-0.2, 0) is 14.4 Å². The topological polar surface area (TPSA) is 116 Å². The first-order valence-corrected chi connectivity index (χ1v) is 5.94. The lowest BCUT2D eigenvalue weighted by Crippen LogP contribution is -2.49. The first-order chi connectivity index (χ1) is 8.85. The van der Waals surface area contributed by atoms with Gasteiger partial charge < -0.3 is 15.7 Å². The Morgan fingerprint density at radius 3 is 2.53 bits per heavy atom. The van der Waals surface area contributed by atoms with Crippen molar-refractivity contribution in [1.29, 1.82) is 0 Å². The van der Waals surface area contributed by atoms with Crippen LogP contribution in [0.5, 0.6) is 0 Å². The van der Waals surface area contributed by atoms with E-state index < -0.39 is 30.0 Å². The molecule has 0 aromatic rings. The van der Waals surface area contributed by atoms with E-state index in [1.165, 1.54) is 7.05 Å². The number of aliphatic carboxylic acids is 1. The van der Waals surface area contributed by atoms with Gasteiger partial charge in [0.25, 0.3) is 5.91 Å². The Bertz CT molecular complexity index is 409. The van der Waals surface area contributed by atoms with Crippen molar-refractivity contribution >= 4 is 23.8 Å². The molecule has 106 valence electrons. The van der Waals surface area contributed by atoms with Gasteiger partial charge in [-0.3, -0.25) is 19.3 Å². The highest BCUT2D eigenvalue weighted by molar-refractivity contribution is 6.06. The summed E-state index contributed by atoms with van der Waals surface area (Å²) in [4.78, 5) is 45.9. The second kappa shape index (κ2) is 6.17. The second-order valence-corrected chi connectivity index (χ2v) is 4.37. The minimum Gasteiger partial charge on any atom is -0.481 e. The summed E-state index contributed by atoms with van der Waals surface area (Å²) in [6, 6.07) is -2.03. The minimum absolute atomic E-state index is 0.0710. The van der Waals surface area contributed by atoms with E-state index in [2.05, 4.69) is 10.6 Å². The molecule has 1 fully saturated rings. The van der Waals surface area contributed by atoms with Crippen molar-refractivity contribution in [2.45, 2.75) is 38.3 Å². The molecule has 8 nitrogen and oxygen atoms in total. The lowest BCUT2D eigenvalue weighted by Gasteiger charge is -2.17. The number of imide groups is 1. The molecule has 1 aliphatic rings. The number of nitrogens with one attached hydrogen (secondary N) is 2. The predicted molar refractivity (Wildman–Crippen MR) is 64.2 cm³/mol. The molecule has 0 spiro atoms. The van der Waals surface area contributed by atoms with Gasteiger partial charge in [0.2, 0.25) is 5.91 Å². The molecule has 3 N–H and O–H groups in total. The Labute approximate surface area is 110 Å². The van der Waals surface area contributed by atoms with Crippen molar-refractivity contribution in [3.63, 3.8) is 0 Å². The standard InChI is InChI=1S/C11H17N3O5/c1-3-6(4-9(16)17)12-11(19)13-7-5-8(15)14(2)10(7)18/h6-7H,3-5H2,1-2H3,(H,16,17)(H2,12,13,19). The van der Waals surface area contributed by atoms with Gasteiger partial charge in [-0.2, -0.15) is 0 Å². The molecule has 1 aliphatic heterocycles. The van der Waals surface area contributed by atoms with Crippen LogP contribution < -0.4 is 10.6 Å². The molecule has 0 bridgehead atoms. The van der Waals surface area contributed by atoms with E-state index in [1.807, 2.05) is 0 Å². The summed E-state index contributed by atoms with van der Waals surface area (Å²) in [5, 5.41) is 13.5. The molecule has 2 atom stereocenters. The van der Waals surface area contributed by atoms with Gasteiger partial charge in [-0.15, -0.1) is 0 Å². The van der Waals surface area contributed by atoms with Crippen molar-refractivity contribution in [3.05, 3.63) is 0 Å². The van der Waals surface area contributed by atoms with Gasteiger partial charge in [0.15, 0.2) is 0 Å². The van der Waals surface area contributed by atoms with Crippen LogP contribution in [0.4, 0.5) is 4.79 Å². The largest absolute Gasteiger partial charge is 0.481 e. The molecule has 1 saturated heterocycles. The van der Waals surface area contributed by atoms with Crippen molar-refractivity contribution in [3.8, 4) is 0 Å². The maximum Gasteiger partial charge on any atom is 0.315 e. The Balaban J connectivity index is 2.49. The highest BCUT2D eigenvalue weighted by Gasteiger charge is 2.37. The zero-order valence-electron chi connectivity index (χ0n) is 10.8. The van der Waals surface area contributed by atoms with E-state index >= 15 is 0 Å². The van der Waals surface area contributed by atoms with Gasteiger partial charge >= 0.3 is 12.0 Å². The lowest BCUT2D eigenvalue weighted by atomic mass is 10.1. The van der Waals surface area contributed by atoms with E-state index in [4.69, 9.17) is 5.11 Å². The van der Waals surface area contributed by atoms with Gasteiger partial charge in [-0.1, -0.05) is 6.92 Å². The number of carboxylic acids is 1. The number of amides is 4. The van der Waals surface area contributed by atoms with Crippen molar-refractivity contribution < 1.29 is 24.3 Å². The summed E-state index contributed by atoms with van der Waals surface area (Å²) in [6.45, 7) is 1.74. The molecule has 19 heavy (non-hydrogen) atoms. The summed E-state index contributed by atoms with van der Waals surface area (Å²) >= 11 is 0. The average molecular weight is 271 g/mol. The van der Waals surface area contributed by atoms with Crippen LogP contribution in [0.25, 0.3) is 0 Å². The Morgan fingerprint density at radius 1 is 1.47 bits per heavy atom. The minimum atomic E-state index is -1.01. The van der Waals surface area contributed by atoms with Crippen LogP contribution in [0, 0.1) is 0 Å². The molecule has 0 radical (unpaired) electrons. The Morgan fingerprint density at radius 2 is 2.11 bits per heavy atom. The summed E-state index contributed by atoms with van der Waals surface area (Å²) in [7, 11) is 1.35. The quantitative estimate of drug-likeness (QED) is 0.572. The molecule has 0 saturated carbocycles. The third kappa shape index (κ3) is 3.94.